The van der Waals surface area contributed by atoms with Crippen molar-refractivity contribution in [2.75, 3.05) is 0 Å². The lowest BCUT2D eigenvalue weighted by Crippen LogP contribution is -2.28. The minimum absolute atomic E-state index is 0.339. The summed E-state index contributed by atoms with van der Waals surface area (Å²) < 4.78 is 0. The number of amides is 1. The average molecular weight is 190 g/mol. The molecule has 0 aliphatic carbocycles. The Morgan fingerprint density at radius 1 is 1.43 bits per heavy atom. The summed E-state index contributed by atoms with van der Waals surface area (Å²) in [7, 11) is 0. The van der Waals surface area contributed by atoms with Gasteiger partial charge in [-0.05, 0) is 5.56 Å². The van der Waals surface area contributed by atoms with Crippen molar-refractivity contribution >= 4 is 12.0 Å². The Balaban J connectivity index is 2.75. The van der Waals surface area contributed by atoms with Crippen LogP contribution in [-0.4, -0.2) is 18.0 Å². The van der Waals surface area contributed by atoms with Gasteiger partial charge in [-0.25, -0.2) is 4.79 Å². The van der Waals surface area contributed by atoms with Crippen molar-refractivity contribution in [3.05, 3.63) is 35.9 Å². The second kappa shape index (κ2) is 4.94. The van der Waals surface area contributed by atoms with Crippen LogP contribution < -0.4 is 5.73 Å². The smallest absolute Gasteiger partial charge is 0.243 e. The summed E-state index contributed by atoms with van der Waals surface area (Å²) in [6.07, 6.45) is 1.68. The average Bonchev–Trinajstić information content (AvgIpc) is 2.18. The van der Waals surface area contributed by atoms with Gasteiger partial charge < -0.3 is 5.73 Å². The number of carbonyl (C=O) groups excluding carboxylic acids is 2. The van der Waals surface area contributed by atoms with Gasteiger partial charge in [-0.2, -0.15) is 4.99 Å². The van der Waals surface area contributed by atoms with Crippen LogP contribution >= 0.6 is 0 Å². The third-order valence-electron chi connectivity index (χ3n) is 1.81. The van der Waals surface area contributed by atoms with Crippen molar-refractivity contribution < 1.29 is 9.59 Å². The number of carbonyl (C=O) groups is 1. The van der Waals surface area contributed by atoms with Gasteiger partial charge in [0.15, 0.2) is 0 Å². The zero-order chi connectivity index (χ0) is 10.4. The van der Waals surface area contributed by atoms with Crippen LogP contribution in [0.3, 0.4) is 0 Å². The maximum atomic E-state index is 10.8. The standard InChI is InChI=1S/C10H10N2O2/c11-10(14)9(12-7-13)6-8-4-2-1-3-5-8/h1-5,9H,6H2,(H2,11,14). The Labute approximate surface area is 81.4 Å². The second-order valence-corrected chi connectivity index (χ2v) is 2.83. The molecule has 1 amide bonds. The minimum atomic E-state index is -0.810. The summed E-state index contributed by atoms with van der Waals surface area (Å²) in [4.78, 5) is 24.2. The van der Waals surface area contributed by atoms with Gasteiger partial charge in [-0.1, -0.05) is 30.3 Å². The van der Waals surface area contributed by atoms with E-state index < -0.39 is 11.9 Å². The first-order valence-electron chi connectivity index (χ1n) is 4.14. The zero-order valence-corrected chi connectivity index (χ0v) is 7.51. The van der Waals surface area contributed by atoms with Crippen LogP contribution in [0.25, 0.3) is 0 Å². The summed E-state index contributed by atoms with van der Waals surface area (Å²) in [6, 6.07) is 8.43. The number of isocyanates is 1. The van der Waals surface area contributed by atoms with Crippen LogP contribution in [0, 0.1) is 0 Å². The Morgan fingerprint density at radius 3 is 2.57 bits per heavy atom. The number of aliphatic imine (C=N–C) groups is 1. The van der Waals surface area contributed by atoms with Crippen molar-refractivity contribution in [2.45, 2.75) is 12.5 Å². The fraction of sp³-hybridized carbons (Fsp3) is 0.200. The van der Waals surface area contributed by atoms with Crippen molar-refractivity contribution in [3.8, 4) is 0 Å². The molecule has 0 aromatic heterocycles. The Kier molecular flexibility index (Phi) is 3.58. The largest absolute Gasteiger partial charge is 0.368 e. The van der Waals surface area contributed by atoms with Gasteiger partial charge in [-0.15, -0.1) is 0 Å². The molecule has 0 spiro atoms. The number of nitrogens with zero attached hydrogens (tertiary/aromatic N) is 1. The molecule has 72 valence electrons. The Bertz CT molecular complexity index is 354. The van der Waals surface area contributed by atoms with E-state index in [0.717, 1.165) is 5.56 Å². The number of primary amides is 1. The first kappa shape index (κ1) is 10.2. The molecule has 0 saturated carbocycles. The van der Waals surface area contributed by atoms with Gasteiger partial charge in [0.1, 0.15) is 6.04 Å². The monoisotopic (exact) mass is 190 g/mol. The molecule has 0 bridgehead atoms. The Morgan fingerprint density at radius 2 is 2.07 bits per heavy atom. The van der Waals surface area contributed by atoms with Crippen molar-refractivity contribution in [3.63, 3.8) is 0 Å². The Hall–Kier alpha value is -1.93. The van der Waals surface area contributed by atoms with Gasteiger partial charge in [0.25, 0.3) is 0 Å². The highest BCUT2D eigenvalue weighted by Gasteiger charge is 2.13. The predicted molar refractivity (Wildman–Crippen MR) is 51.2 cm³/mol. The second-order valence-electron chi connectivity index (χ2n) is 2.83. The molecule has 2 N–H and O–H groups in total. The highest BCUT2D eigenvalue weighted by molar-refractivity contribution is 5.81. The van der Waals surface area contributed by atoms with Crippen LogP contribution in [0.2, 0.25) is 0 Å². The number of hydrogen-bond donors (Lipinski definition) is 1. The summed E-state index contributed by atoms with van der Waals surface area (Å²) in [5.41, 5.74) is 5.97. The summed E-state index contributed by atoms with van der Waals surface area (Å²) in [6.45, 7) is 0. The van der Waals surface area contributed by atoms with Crippen LogP contribution in [0.15, 0.2) is 35.3 Å². The summed E-state index contributed by atoms with van der Waals surface area (Å²) >= 11 is 0. The number of nitrogens with two attached hydrogens (primary N) is 1. The van der Waals surface area contributed by atoms with Gasteiger partial charge in [0, 0.05) is 6.42 Å². The van der Waals surface area contributed by atoms with E-state index in [2.05, 4.69) is 4.99 Å². The molecular weight excluding hydrogens is 180 g/mol. The lowest BCUT2D eigenvalue weighted by molar-refractivity contribution is -0.119. The van der Waals surface area contributed by atoms with Crippen LogP contribution in [-0.2, 0) is 16.0 Å². The molecule has 4 nitrogen and oxygen atoms in total. The van der Waals surface area contributed by atoms with Gasteiger partial charge in [0.2, 0.25) is 12.0 Å². The normalized spacial score (nSPS) is 11.4. The highest BCUT2D eigenvalue weighted by Crippen LogP contribution is 2.04. The number of rotatable bonds is 4. The highest BCUT2D eigenvalue weighted by atomic mass is 16.1. The lowest BCUT2D eigenvalue weighted by atomic mass is 10.1. The summed E-state index contributed by atoms with van der Waals surface area (Å²) in [5.74, 6) is -0.614. The van der Waals surface area contributed by atoms with Crippen LogP contribution in [0.4, 0.5) is 0 Å². The van der Waals surface area contributed by atoms with Crippen LogP contribution in [0.1, 0.15) is 5.56 Å². The molecule has 0 heterocycles. The maximum absolute atomic E-state index is 10.8. The summed E-state index contributed by atoms with van der Waals surface area (Å²) in [5, 5.41) is 0. The molecule has 1 unspecified atom stereocenters. The molecule has 1 rings (SSSR count). The lowest BCUT2D eigenvalue weighted by Gasteiger charge is -2.05. The minimum Gasteiger partial charge on any atom is -0.368 e. The van der Waals surface area contributed by atoms with Crippen molar-refractivity contribution in [1.29, 1.82) is 0 Å². The molecular formula is C10H10N2O2. The van der Waals surface area contributed by atoms with E-state index in [1.165, 1.54) is 6.08 Å². The third-order valence-corrected chi connectivity index (χ3v) is 1.81. The van der Waals surface area contributed by atoms with E-state index in [-0.39, 0.29) is 0 Å². The molecule has 1 aromatic rings. The topological polar surface area (TPSA) is 72.5 Å². The molecule has 1 atom stereocenters. The van der Waals surface area contributed by atoms with E-state index in [0.29, 0.717) is 6.42 Å². The van der Waals surface area contributed by atoms with Gasteiger partial charge >= 0.3 is 0 Å². The first-order valence-corrected chi connectivity index (χ1v) is 4.14. The predicted octanol–water partition coefficient (Wildman–Crippen LogP) is 0.419. The maximum Gasteiger partial charge on any atom is 0.243 e. The molecule has 1 aromatic carbocycles. The van der Waals surface area contributed by atoms with Crippen molar-refractivity contribution in [2.24, 2.45) is 10.7 Å². The molecule has 0 aliphatic heterocycles. The molecule has 14 heavy (non-hydrogen) atoms. The van der Waals surface area contributed by atoms with Gasteiger partial charge in [0.05, 0.1) is 0 Å². The number of benzene rings is 1. The van der Waals surface area contributed by atoms with Crippen molar-refractivity contribution in [1.82, 2.24) is 0 Å². The van der Waals surface area contributed by atoms with E-state index in [1.807, 2.05) is 30.3 Å². The fourth-order valence-electron chi connectivity index (χ4n) is 1.11. The van der Waals surface area contributed by atoms with E-state index in [1.54, 1.807) is 0 Å². The fourth-order valence-corrected chi connectivity index (χ4v) is 1.11. The van der Waals surface area contributed by atoms with Crippen LogP contribution in [0.5, 0.6) is 0 Å². The third kappa shape index (κ3) is 2.84. The SMILES string of the molecule is NC(=O)C(Cc1ccccc1)N=C=O. The molecule has 0 aliphatic rings. The van der Waals surface area contributed by atoms with E-state index >= 15 is 0 Å². The first-order chi connectivity index (χ1) is 6.74. The number of hydrogen-bond acceptors (Lipinski definition) is 3. The zero-order valence-electron chi connectivity index (χ0n) is 7.51. The quantitative estimate of drug-likeness (QED) is 0.552. The molecule has 0 saturated heterocycles. The molecule has 0 fully saturated rings. The van der Waals surface area contributed by atoms with Gasteiger partial charge in [-0.3, -0.25) is 4.79 Å². The molecule has 4 heteroatoms. The molecule has 0 radical (unpaired) electrons. The van der Waals surface area contributed by atoms with E-state index in [4.69, 9.17) is 5.73 Å². The van der Waals surface area contributed by atoms with E-state index in [9.17, 15) is 9.59 Å².